The lowest BCUT2D eigenvalue weighted by molar-refractivity contribution is -0.138. The van der Waals surface area contributed by atoms with Crippen molar-refractivity contribution in [3.05, 3.63) is 35.9 Å². The Balaban J connectivity index is 1.90. The standard InChI is InChI=1S/C18H28N2O3/c1-3-16(14-21)19-9-11-20(12-10-19)17(22)13-18(2,23)15-7-5-4-6-8-15/h4-8,16,21,23H,3,9-14H2,1-2H3. The molecule has 1 heterocycles. The van der Waals surface area contributed by atoms with Crippen molar-refractivity contribution in [2.24, 2.45) is 0 Å². The zero-order valence-corrected chi connectivity index (χ0v) is 14.1. The van der Waals surface area contributed by atoms with E-state index >= 15 is 0 Å². The van der Waals surface area contributed by atoms with Gasteiger partial charge in [-0.05, 0) is 18.9 Å². The first-order valence-corrected chi connectivity index (χ1v) is 8.38. The van der Waals surface area contributed by atoms with Gasteiger partial charge in [-0.1, -0.05) is 37.3 Å². The van der Waals surface area contributed by atoms with Crippen LogP contribution in [-0.2, 0) is 10.4 Å². The Morgan fingerprint density at radius 3 is 2.35 bits per heavy atom. The Kier molecular flexibility index (Phi) is 6.16. The first kappa shape index (κ1) is 17.9. The van der Waals surface area contributed by atoms with Crippen molar-refractivity contribution in [2.75, 3.05) is 32.8 Å². The molecule has 0 aliphatic carbocycles. The molecule has 0 aromatic heterocycles. The van der Waals surface area contributed by atoms with E-state index in [1.54, 1.807) is 6.92 Å². The first-order chi connectivity index (χ1) is 11.0. The van der Waals surface area contributed by atoms with E-state index in [1.807, 2.05) is 35.2 Å². The number of aliphatic hydroxyl groups excluding tert-OH is 1. The molecule has 5 nitrogen and oxygen atoms in total. The molecule has 1 aliphatic heterocycles. The SMILES string of the molecule is CCC(CO)N1CCN(C(=O)CC(C)(O)c2ccccc2)CC1. The van der Waals surface area contributed by atoms with E-state index in [0.29, 0.717) is 13.1 Å². The van der Waals surface area contributed by atoms with E-state index < -0.39 is 5.60 Å². The van der Waals surface area contributed by atoms with Crippen LogP contribution >= 0.6 is 0 Å². The lowest BCUT2D eigenvalue weighted by atomic mass is 9.92. The molecule has 0 spiro atoms. The summed E-state index contributed by atoms with van der Waals surface area (Å²) in [5.74, 6) is -0.0180. The number of aliphatic hydroxyl groups is 2. The summed E-state index contributed by atoms with van der Waals surface area (Å²) in [5.41, 5.74) is -0.384. The molecule has 2 N–H and O–H groups in total. The fourth-order valence-corrected chi connectivity index (χ4v) is 3.14. The molecule has 1 aromatic carbocycles. The molecule has 1 aromatic rings. The number of rotatable bonds is 6. The van der Waals surface area contributed by atoms with Crippen molar-refractivity contribution < 1.29 is 15.0 Å². The van der Waals surface area contributed by atoms with E-state index in [4.69, 9.17) is 0 Å². The summed E-state index contributed by atoms with van der Waals surface area (Å²) >= 11 is 0. The first-order valence-electron chi connectivity index (χ1n) is 8.38. The Morgan fingerprint density at radius 2 is 1.83 bits per heavy atom. The maximum atomic E-state index is 12.5. The monoisotopic (exact) mass is 320 g/mol. The third-order valence-corrected chi connectivity index (χ3v) is 4.76. The summed E-state index contributed by atoms with van der Waals surface area (Å²) in [4.78, 5) is 16.6. The van der Waals surface area contributed by atoms with Gasteiger partial charge in [0, 0.05) is 32.2 Å². The molecule has 1 amide bonds. The number of benzene rings is 1. The predicted octanol–water partition coefficient (Wildman–Crippen LogP) is 1.20. The molecule has 128 valence electrons. The fourth-order valence-electron chi connectivity index (χ4n) is 3.14. The van der Waals surface area contributed by atoms with E-state index in [-0.39, 0.29) is 25.0 Å². The minimum atomic E-state index is -1.15. The van der Waals surface area contributed by atoms with Gasteiger partial charge in [-0.2, -0.15) is 0 Å². The summed E-state index contributed by atoms with van der Waals surface area (Å²) in [6, 6.07) is 9.50. The lowest BCUT2D eigenvalue weighted by Gasteiger charge is -2.39. The van der Waals surface area contributed by atoms with Gasteiger partial charge >= 0.3 is 0 Å². The molecule has 0 bridgehead atoms. The molecule has 5 heteroatoms. The Bertz CT molecular complexity index is 492. The molecular formula is C18H28N2O3. The van der Waals surface area contributed by atoms with Crippen LogP contribution in [0, 0.1) is 0 Å². The summed E-state index contributed by atoms with van der Waals surface area (Å²) < 4.78 is 0. The zero-order chi connectivity index (χ0) is 16.9. The van der Waals surface area contributed by atoms with E-state index in [0.717, 1.165) is 25.1 Å². The van der Waals surface area contributed by atoms with Crippen LogP contribution in [0.2, 0.25) is 0 Å². The lowest BCUT2D eigenvalue weighted by Crippen LogP contribution is -2.53. The highest BCUT2D eigenvalue weighted by atomic mass is 16.3. The van der Waals surface area contributed by atoms with Crippen LogP contribution in [-0.4, -0.2) is 64.7 Å². The van der Waals surface area contributed by atoms with Gasteiger partial charge in [-0.15, -0.1) is 0 Å². The molecule has 2 unspecified atom stereocenters. The van der Waals surface area contributed by atoms with Crippen LogP contribution in [0.5, 0.6) is 0 Å². The third-order valence-electron chi connectivity index (χ3n) is 4.76. The van der Waals surface area contributed by atoms with Gasteiger partial charge in [0.1, 0.15) is 0 Å². The van der Waals surface area contributed by atoms with Crippen molar-refractivity contribution in [3.63, 3.8) is 0 Å². The number of hydrogen-bond acceptors (Lipinski definition) is 4. The normalized spacial score (nSPS) is 20.1. The second-order valence-corrected chi connectivity index (χ2v) is 6.48. The summed E-state index contributed by atoms with van der Waals surface area (Å²) in [6.45, 7) is 6.77. The number of piperazine rings is 1. The Morgan fingerprint density at radius 1 is 1.22 bits per heavy atom. The number of carbonyl (C=O) groups is 1. The van der Waals surface area contributed by atoms with Crippen molar-refractivity contribution in [2.45, 2.75) is 38.3 Å². The molecule has 0 saturated carbocycles. The maximum absolute atomic E-state index is 12.5. The predicted molar refractivity (Wildman–Crippen MR) is 89.9 cm³/mol. The molecule has 2 rings (SSSR count). The third kappa shape index (κ3) is 4.53. The van der Waals surface area contributed by atoms with E-state index in [2.05, 4.69) is 11.8 Å². The average molecular weight is 320 g/mol. The maximum Gasteiger partial charge on any atom is 0.225 e. The van der Waals surface area contributed by atoms with Gasteiger partial charge in [-0.3, -0.25) is 9.69 Å². The Hall–Kier alpha value is -1.43. The highest BCUT2D eigenvalue weighted by Gasteiger charge is 2.31. The van der Waals surface area contributed by atoms with E-state index in [9.17, 15) is 15.0 Å². The van der Waals surface area contributed by atoms with Gasteiger partial charge in [0.2, 0.25) is 5.91 Å². The molecule has 23 heavy (non-hydrogen) atoms. The fraction of sp³-hybridized carbons (Fsp3) is 0.611. The van der Waals surface area contributed by atoms with Crippen molar-refractivity contribution >= 4 is 5.91 Å². The number of carbonyl (C=O) groups excluding carboxylic acids is 1. The quantitative estimate of drug-likeness (QED) is 0.827. The van der Waals surface area contributed by atoms with E-state index in [1.165, 1.54) is 0 Å². The molecule has 1 saturated heterocycles. The molecule has 1 fully saturated rings. The average Bonchev–Trinajstić information content (AvgIpc) is 2.57. The van der Waals surface area contributed by atoms with Gasteiger partial charge in [-0.25, -0.2) is 0 Å². The minimum Gasteiger partial charge on any atom is -0.395 e. The number of hydrogen-bond donors (Lipinski definition) is 2. The molecule has 1 aliphatic rings. The second kappa shape index (κ2) is 7.90. The van der Waals surface area contributed by atoms with Crippen molar-refractivity contribution in [3.8, 4) is 0 Å². The smallest absolute Gasteiger partial charge is 0.225 e. The second-order valence-electron chi connectivity index (χ2n) is 6.48. The highest BCUT2D eigenvalue weighted by molar-refractivity contribution is 5.77. The molecule has 2 atom stereocenters. The summed E-state index contributed by atoms with van der Waals surface area (Å²) in [5, 5.41) is 20.0. The van der Waals surface area contributed by atoms with Crippen LogP contribution in [0.25, 0.3) is 0 Å². The van der Waals surface area contributed by atoms with Gasteiger partial charge < -0.3 is 15.1 Å². The number of amides is 1. The van der Waals surface area contributed by atoms with Crippen LogP contribution in [0.4, 0.5) is 0 Å². The van der Waals surface area contributed by atoms with Crippen LogP contribution < -0.4 is 0 Å². The summed E-state index contributed by atoms with van der Waals surface area (Å²) in [6.07, 6.45) is 1.00. The van der Waals surface area contributed by atoms with Crippen LogP contribution in [0.3, 0.4) is 0 Å². The van der Waals surface area contributed by atoms with Gasteiger partial charge in [0.15, 0.2) is 0 Å². The van der Waals surface area contributed by atoms with Crippen LogP contribution in [0.15, 0.2) is 30.3 Å². The molecular weight excluding hydrogens is 292 g/mol. The Labute approximate surface area is 138 Å². The van der Waals surface area contributed by atoms with Gasteiger partial charge in [0.25, 0.3) is 0 Å². The summed E-state index contributed by atoms with van der Waals surface area (Å²) in [7, 11) is 0. The zero-order valence-electron chi connectivity index (χ0n) is 14.1. The highest BCUT2D eigenvalue weighted by Crippen LogP contribution is 2.25. The minimum absolute atomic E-state index is 0.0180. The molecule has 0 radical (unpaired) electrons. The number of nitrogens with zero attached hydrogens (tertiary/aromatic N) is 2. The topological polar surface area (TPSA) is 64.0 Å². The largest absolute Gasteiger partial charge is 0.395 e. The van der Waals surface area contributed by atoms with Crippen LogP contribution in [0.1, 0.15) is 32.3 Å². The van der Waals surface area contributed by atoms with Crippen molar-refractivity contribution in [1.29, 1.82) is 0 Å². The van der Waals surface area contributed by atoms with Gasteiger partial charge in [0.05, 0.1) is 18.6 Å². The van der Waals surface area contributed by atoms with Crippen molar-refractivity contribution in [1.82, 2.24) is 9.80 Å².